The van der Waals surface area contributed by atoms with Crippen molar-refractivity contribution in [3.63, 3.8) is 0 Å². The summed E-state index contributed by atoms with van der Waals surface area (Å²) in [5, 5.41) is 12.5. The van der Waals surface area contributed by atoms with Gasteiger partial charge < -0.3 is 9.84 Å². The summed E-state index contributed by atoms with van der Waals surface area (Å²) in [4.78, 5) is 2.38. The van der Waals surface area contributed by atoms with Crippen molar-refractivity contribution in [3.05, 3.63) is 69.2 Å². The van der Waals surface area contributed by atoms with Crippen molar-refractivity contribution >= 4 is 27.5 Å². The van der Waals surface area contributed by atoms with Gasteiger partial charge in [-0.3, -0.25) is 4.90 Å². The highest BCUT2D eigenvalue weighted by Gasteiger charge is 2.39. The molecule has 26 heavy (non-hydrogen) atoms. The molecule has 1 saturated heterocycles. The third-order valence-electron chi connectivity index (χ3n) is 5.28. The number of aliphatic hydroxyl groups is 1. The second-order valence-electron chi connectivity index (χ2n) is 6.80. The van der Waals surface area contributed by atoms with Crippen LogP contribution in [0.15, 0.2) is 53.0 Å². The summed E-state index contributed by atoms with van der Waals surface area (Å²) in [5.74, 6) is -0.0518. The van der Waals surface area contributed by atoms with Crippen LogP contribution in [0.5, 0.6) is 0 Å². The van der Waals surface area contributed by atoms with E-state index in [1.54, 1.807) is 0 Å². The first kappa shape index (κ1) is 19.8. The Hall–Kier alpha value is -0.910. The molecule has 1 heterocycles. The summed E-state index contributed by atoms with van der Waals surface area (Å²) in [6.07, 6.45) is 0.631. The van der Waals surface area contributed by atoms with Crippen molar-refractivity contribution in [2.45, 2.75) is 24.9 Å². The van der Waals surface area contributed by atoms with Gasteiger partial charge in [0.25, 0.3) is 0 Å². The van der Waals surface area contributed by atoms with Gasteiger partial charge >= 0.3 is 0 Å². The maximum absolute atomic E-state index is 11.8. The van der Waals surface area contributed by atoms with Crippen LogP contribution in [0.2, 0.25) is 5.02 Å². The number of benzene rings is 2. The zero-order valence-corrected chi connectivity index (χ0v) is 17.3. The standard InChI is InChI=1S/C21H25BrClNO2/c1-2-21(25,17-5-7-18(22)8-6-17)20(15-24-11-13-26-14-12-24)16-3-9-19(23)10-4-16/h3-10,20,25H,2,11-15H2,1H3/t20-,21+/m1/s1. The number of rotatable bonds is 6. The van der Waals surface area contributed by atoms with Crippen molar-refractivity contribution in [2.75, 3.05) is 32.8 Å². The largest absolute Gasteiger partial charge is 0.384 e. The van der Waals surface area contributed by atoms with E-state index in [1.165, 1.54) is 0 Å². The summed E-state index contributed by atoms with van der Waals surface area (Å²) < 4.78 is 6.50. The van der Waals surface area contributed by atoms with E-state index in [4.69, 9.17) is 16.3 Å². The lowest BCUT2D eigenvalue weighted by atomic mass is 9.75. The molecule has 0 unspecified atom stereocenters. The number of ether oxygens (including phenoxy) is 1. The summed E-state index contributed by atoms with van der Waals surface area (Å²) >= 11 is 9.58. The number of hydrogen-bond donors (Lipinski definition) is 1. The van der Waals surface area contributed by atoms with Gasteiger partial charge in [-0.1, -0.05) is 58.7 Å². The minimum absolute atomic E-state index is 0.0518. The third kappa shape index (κ3) is 4.49. The van der Waals surface area contributed by atoms with Crippen molar-refractivity contribution in [3.8, 4) is 0 Å². The Labute approximate surface area is 169 Å². The fraction of sp³-hybridized carbons (Fsp3) is 0.429. The van der Waals surface area contributed by atoms with Crippen molar-refractivity contribution in [1.82, 2.24) is 4.90 Å². The monoisotopic (exact) mass is 437 g/mol. The van der Waals surface area contributed by atoms with Crippen LogP contribution in [0.25, 0.3) is 0 Å². The summed E-state index contributed by atoms with van der Waals surface area (Å²) in [5.41, 5.74) is 1.09. The molecular weight excluding hydrogens is 414 g/mol. The number of morpholine rings is 1. The van der Waals surface area contributed by atoms with Gasteiger partial charge in [0, 0.05) is 35.0 Å². The Morgan fingerprint density at radius 1 is 1.12 bits per heavy atom. The van der Waals surface area contributed by atoms with Crippen LogP contribution < -0.4 is 0 Å². The molecule has 5 heteroatoms. The highest BCUT2D eigenvalue weighted by Crippen LogP contribution is 2.41. The van der Waals surface area contributed by atoms with Crippen LogP contribution in [0, 0.1) is 0 Å². The minimum Gasteiger partial charge on any atom is -0.384 e. The van der Waals surface area contributed by atoms with E-state index in [9.17, 15) is 5.11 Å². The zero-order valence-electron chi connectivity index (χ0n) is 15.0. The Morgan fingerprint density at radius 3 is 2.31 bits per heavy atom. The molecule has 1 fully saturated rings. The predicted molar refractivity (Wildman–Crippen MR) is 110 cm³/mol. The molecule has 1 aliphatic heterocycles. The Bertz CT molecular complexity index is 701. The van der Waals surface area contributed by atoms with E-state index in [0.29, 0.717) is 11.4 Å². The van der Waals surface area contributed by atoms with Crippen molar-refractivity contribution in [2.24, 2.45) is 0 Å². The molecule has 3 rings (SSSR count). The third-order valence-corrected chi connectivity index (χ3v) is 6.06. The molecule has 0 radical (unpaired) electrons. The molecule has 2 atom stereocenters. The van der Waals surface area contributed by atoms with E-state index < -0.39 is 5.60 Å². The molecular formula is C21H25BrClNO2. The molecule has 0 bridgehead atoms. The molecule has 0 amide bonds. The first-order chi connectivity index (χ1) is 12.5. The average Bonchev–Trinajstić information content (AvgIpc) is 2.68. The number of hydrogen-bond acceptors (Lipinski definition) is 3. The molecule has 1 aliphatic rings. The highest BCUT2D eigenvalue weighted by molar-refractivity contribution is 9.10. The normalized spacial score (nSPS) is 19.1. The van der Waals surface area contributed by atoms with E-state index in [-0.39, 0.29) is 5.92 Å². The van der Waals surface area contributed by atoms with Gasteiger partial charge in [0.2, 0.25) is 0 Å². The van der Waals surface area contributed by atoms with Crippen LogP contribution in [-0.2, 0) is 10.3 Å². The fourth-order valence-corrected chi connectivity index (χ4v) is 4.05. The van der Waals surface area contributed by atoms with Crippen LogP contribution in [0.4, 0.5) is 0 Å². The molecule has 140 valence electrons. The molecule has 0 aromatic heterocycles. The zero-order chi connectivity index (χ0) is 18.6. The van der Waals surface area contributed by atoms with Gasteiger partial charge in [0.15, 0.2) is 0 Å². The highest BCUT2D eigenvalue weighted by atomic mass is 79.9. The Kier molecular flexibility index (Phi) is 6.76. The lowest BCUT2D eigenvalue weighted by Crippen LogP contribution is -2.44. The number of nitrogens with zero attached hydrogens (tertiary/aromatic N) is 1. The van der Waals surface area contributed by atoms with E-state index in [0.717, 1.165) is 48.4 Å². The molecule has 1 N–H and O–H groups in total. The van der Waals surface area contributed by atoms with Crippen LogP contribution in [0.1, 0.15) is 30.4 Å². The SMILES string of the molecule is CC[C@](O)(c1ccc(Br)cc1)[C@H](CN1CCOCC1)c1ccc(Cl)cc1. The van der Waals surface area contributed by atoms with E-state index in [2.05, 4.69) is 20.8 Å². The lowest BCUT2D eigenvalue weighted by Gasteiger charge is -2.40. The maximum Gasteiger partial charge on any atom is 0.0974 e. The quantitative estimate of drug-likeness (QED) is 0.702. The molecule has 3 nitrogen and oxygen atoms in total. The summed E-state index contributed by atoms with van der Waals surface area (Å²) in [6.45, 7) is 6.11. The van der Waals surface area contributed by atoms with Gasteiger partial charge in [0.1, 0.15) is 0 Å². The van der Waals surface area contributed by atoms with E-state index in [1.807, 2.05) is 55.5 Å². The van der Waals surface area contributed by atoms with Crippen molar-refractivity contribution < 1.29 is 9.84 Å². The first-order valence-electron chi connectivity index (χ1n) is 9.07. The first-order valence-corrected chi connectivity index (χ1v) is 10.2. The summed E-state index contributed by atoms with van der Waals surface area (Å²) in [6, 6.07) is 15.9. The molecule has 0 spiro atoms. The molecule has 2 aromatic rings. The minimum atomic E-state index is -0.952. The van der Waals surface area contributed by atoms with Gasteiger partial charge in [-0.05, 0) is 41.8 Å². The van der Waals surface area contributed by atoms with Crippen molar-refractivity contribution in [1.29, 1.82) is 0 Å². The van der Waals surface area contributed by atoms with E-state index >= 15 is 0 Å². The topological polar surface area (TPSA) is 32.7 Å². The predicted octanol–water partition coefficient (Wildman–Crippen LogP) is 4.82. The molecule has 0 saturated carbocycles. The lowest BCUT2D eigenvalue weighted by molar-refractivity contribution is -0.0250. The van der Waals surface area contributed by atoms with Gasteiger partial charge in [0.05, 0.1) is 18.8 Å². The van der Waals surface area contributed by atoms with Gasteiger partial charge in [-0.2, -0.15) is 0 Å². The Morgan fingerprint density at radius 2 is 1.73 bits per heavy atom. The smallest absolute Gasteiger partial charge is 0.0974 e. The van der Waals surface area contributed by atoms with Gasteiger partial charge in [-0.25, -0.2) is 0 Å². The maximum atomic E-state index is 11.8. The van der Waals surface area contributed by atoms with Crippen LogP contribution in [-0.4, -0.2) is 42.9 Å². The fourth-order valence-electron chi connectivity index (χ4n) is 3.66. The molecule has 2 aromatic carbocycles. The van der Waals surface area contributed by atoms with Crippen LogP contribution >= 0.6 is 27.5 Å². The molecule has 0 aliphatic carbocycles. The Balaban J connectivity index is 1.98. The summed E-state index contributed by atoms with van der Waals surface area (Å²) in [7, 11) is 0. The second-order valence-corrected chi connectivity index (χ2v) is 8.15. The average molecular weight is 439 g/mol. The second kappa shape index (κ2) is 8.85. The van der Waals surface area contributed by atoms with Gasteiger partial charge in [-0.15, -0.1) is 0 Å². The number of halogens is 2. The van der Waals surface area contributed by atoms with Crippen LogP contribution in [0.3, 0.4) is 0 Å².